The Bertz CT molecular complexity index is 341. The quantitative estimate of drug-likeness (QED) is 0.823. The molecule has 96 valence electrons. The number of nitrogens with zero attached hydrogens (tertiary/aromatic N) is 2. The molecule has 1 aromatic heterocycles. The lowest BCUT2D eigenvalue weighted by Gasteiger charge is -2.18. The topological polar surface area (TPSA) is 61.0 Å². The Morgan fingerprint density at radius 3 is 2.65 bits per heavy atom. The van der Waals surface area contributed by atoms with Gasteiger partial charge in [0.05, 0.1) is 0 Å². The fourth-order valence-electron chi connectivity index (χ4n) is 1.75. The summed E-state index contributed by atoms with van der Waals surface area (Å²) in [4.78, 5) is 8.82. The standard InChI is InChI=1S/C13H23N3O/c1-5-10(14)8-11-6-7-15-13(16-11)12(17-4)9(2)3/h6-7,9-10,12H,5,8,14H2,1-4H3. The molecular formula is C13H23N3O. The van der Waals surface area contributed by atoms with Crippen LogP contribution in [0.1, 0.15) is 44.8 Å². The van der Waals surface area contributed by atoms with Crippen LogP contribution < -0.4 is 5.73 Å². The summed E-state index contributed by atoms with van der Waals surface area (Å²) in [5.74, 6) is 1.11. The summed E-state index contributed by atoms with van der Waals surface area (Å²) in [5, 5.41) is 0. The van der Waals surface area contributed by atoms with Crippen LogP contribution in [0.2, 0.25) is 0 Å². The van der Waals surface area contributed by atoms with Crippen LogP contribution in [0.15, 0.2) is 12.3 Å². The van der Waals surface area contributed by atoms with Crippen molar-refractivity contribution in [2.45, 2.75) is 45.8 Å². The van der Waals surface area contributed by atoms with Crippen LogP contribution in [0.4, 0.5) is 0 Å². The molecule has 0 fully saturated rings. The van der Waals surface area contributed by atoms with Crippen LogP contribution in [-0.2, 0) is 11.2 Å². The SMILES string of the molecule is CCC(N)Cc1ccnc(C(OC)C(C)C)n1. The van der Waals surface area contributed by atoms with Crippen LogP contribution in [0, 0.1) is 5.92 Å². The molecule has 0 radical (unpaired) electrons. The normalized spacial score (nSPS) is 14.9. The van der Waals surface area contributed by atoms with Crippen LogP contribution in [0.5, 0.6) is 0 Å². The molecule has 2 N–H and O–H groups in total. The third kappa shape index (κ3) is 4.06. The first-order chi connectivity index (χ1) is 8.08. The lowest BCUT2D eigenvalue weighted by atomic mass is 10.1. The van der Waals surface area contributed by atoms with Gasteiger partial charge in [0.25, 0.3) is 0 Å². The van der Waals surface area contributed by atoms with Gasteiger partial charge in [0, 0.05) is 31.5 Å². The molecule has 1 heterocycles. The van der Waals surface area contributed by atoms with Gasteiger partial charge in [-0.05, 0) is 18.4 Å². The molecule has 0 aliphatic rings. The average Bonchev–Trinajstić information content (AvgIpc) is 2.30. The fraction of sp³-hybridized carbons (Fsp3) is 0.692. The summed E-state index contributed by atoms with van der Waals surface area (Å²) < 4.78 is 5.43. The highest BCUT2D eigenvalue weighted by Gasteiger charge is 2.18. The van der Waals surface area contributed by atoms with Gasteiger partial charge in [-0.1, -0.05) is 20.8 Å². The van der Waals surface area contributed by atoms with Gasteiger partial charge in [-0.15, -0.1) is 0 Å². The number of rotatable bonds is 6. The summed E-state index contributed by atoms with van der Waals surface area (Å²) in [5.41, 5.74) is 6.92. The third-order valence-corrected chi connectivity index (χ3v) is 2.84. The molecule has 0 amide bonds. The highest BCUT2D eigenvalue weighted by atomic mass is 16.5. The maximum Gasteiger partial charge on any atom is 0.157 e. The lowest BCUT2D eigenvalue weighted by Crippen LogP contribution is -2.23. The van der Waals surface area contributed by atoms with Crippen molar-refractivity contribution in [1.29, 1.82) is 0 Å². The van der Waals surface area contributed by atoms with E-state index in [1.165, 1.54) is 0 Å². The zero-order valence-electron chi connectivity index (χ0n) is 11.2. The second kappa shape index (κ2) is 6.67. The molecule has 0 aromatic carbocycles. The van der Waals surface area contributed by atoms with Gasteiger partial charge >= 0.3 is 0 Å². The van der Waals surface area contributed by atoms with Crippen molar-refractivity contribution in [2.75, 3.05) is 7.11 Å². The number of hydrogen-bond donors (Lipinski definition) is 1. The zero-order valence-corrected chi connectivity index (χ0v) is 11.2. The van der Waals surface area contributed by atoms with Gasteiger partial charge in [-0.2, -0.15) is 0 Å². The van der Waals surface area contributed by atoms with E-state index >= 15 is 0 Å². The Morgan fingerprint density at radius 1 is 1.41 bits per heavy atom. The third-order valence-electron chi connectivity index (χ3n) is 2.84. The molecule has 2 atom stereocenters. The molecule has 0 aliphatic heterocycles. The second-order valence-corrected chi connectivity index (χ2v) is 4.68. The molecule has 2 unspecified atom stereocenters. The first-order valence-corrected chi connectivity index (χ1v) is 6.18. The molecule has 0 saturated heterocycles. The summed E-state index contributed by atoms with van der Waals surface area (Å²) in [7, 11) is 1.69. The molecule has 0 saturated carbocycles. The van der Waals surface area contributed by atoms with E-state index in [0.717, 1.165) is 24.4 Å². The minimum Gasteiger partial charge on any atom is -0.373 e. The van der Waals surface area contributed by atoms with E-state index in [1.54, 1.807) is 13.3 Å². The average molecular weight is 237 g/mol. The number of ether oxygens (including phenoxy) is 1. The van der Waals surface area contributed by atoms with Crippen molar-refractivity contribution in [1.82, 2.24) is 9.97 Å². The fourth-order valence-corrected chi connectivity index (χ4v) is 1.75. The molecule has 4 heteroatoms. The predicted octanol–water partition coefficient (Wildman–Crippen LogP) is 2.10. The van der Waals surface area contributed by atoms with Crippen molar-refractivity contribution in [3.05, 3.63) is 23.8 Å². The minimum atomic E-state index is -0.0483. The Labute approximate surface area is 104 Å². The van der Waals surface area contributed by atoms with Crippen LogP contribution in [0.3, 0.4) is 0 Å². The molecular weight excluding hydrogens is 214 g/mol. The van der Waals surface area contributed by atoms with E-state index in [4.69, 9.17) is 10.5 Å². The predicted molar refractivity (Wildman–Crippen MR) is 68.6 cm³/mol. The van der Waals surface area contributed by atoms with Gasteiger partial charge in [-0.25, -0.2) is 9.97 Å². The van der Waals surface area contributed by atoms with Crippen molar-refractivity contribution < 1.29 is 4.74 Å². The lowest BCUT2D eigenvalue weighted by molar-refractivity contribution is 0.0572. The van der Waals surface area contributed by atoms with E-state index in [-0.39, 0.29) is 12.1 Å². The maximum atomic E-state index is 5.93. The smallest absolute Gasteiger partial charge is 0.157 e. The Balaban J connectivity index is 2.84. The van der Waals surface area contributed by atoms with Crippen LogP contribution in [0.25, 0.3) is 0 Å². The van der Waals surface area contributed by atoms with E-state index < -0.39 is 0 Å². The first kappa shape index (κ1) is 14.1. The highest BCUT2D eigenvalue weighted by Crippen LogP contribution is 2.21. The largest absolute Gasteiger partial charge is 0.373 e. The molecule has 0 bridgehead atoms. The molecule has 1 aromatic rings. The van der Waals surface area contributed by atoms with Crippen molar-refractivity contribution in [3.8, 4) is 0 Å². The van der Waals surface area contributed by atoms with Gasteiger partial charge < -0.3 is 10.5 Å². The van der Waals surface area contributed by atoms with E-state index in [9.17, 15) is 0 Å². The Kier molecular flexibility index (Phi) is 5.51. The second-order valence-electron chi connectivity index (χ2n) is 4.68. The van der Waals surface area contributed by atoms with Crippen molar-refractivity contribution in [2.24, 2.45) is 11.7 Å². The van der Waals surface area contributed by atoms with Gasteiger partial charge in [-0.3, -0.25) is 0 Å². The summed E-state index contributed by atoms with van der Waals surface area (Å²) in [6.07, 6.45) is 3.49. The number of hydrogen-bond acceptors (Lipinski definition) is 4. The van der Waals surface area contributed by atoms with Crippen molar-refractivity contribution >= 4 is 0 Å². The Hall–Kier alpha value is -1.00. The highest BCUT2D eigenvalue weighted by molar-refractivity contribution is 5.06. The van der Waals surface area contributed by atoms with Crippen LogP contribution in [-0.4, -0.2) is 23.1 Å². The maximum absolute atomic E-state index is 5.93. The molecule has 0 spiro atoms. The number of nitrogens with two attached hydrogens (primary N) is 1. The molecule has 1 rings (SSSR count). The molecule has 4 nitrogen and oxygen atoms in total. The number of aromatic nitrogens is 2. The van der Waals surface area contributed by atoms with Crippen molar-refractivity contribution in [3.63, 3.8) is 0 Å². The summed E-state index contributed by atoms with van der Waals surface area (Å²) >= 11 is 0. The van der Waals surface area contributed by atoms with Gasteiger partial charge in [0.2, 0.25) is 0 Å². The monoisotopic (exact) mass is 237 g/mol. The van der Waals surface area contributed by atoms with E-state index in [0.29, 0.717) is 5.92 Å². The zero-order chi connectivity index (χ0) is 12.8. The van der Waals surface area contributed by atoms with Crippen LogP contribution >= 0.6 is 0 Å². The Morgan fingerprint density at radius 2 is 2.12 bits per heavy atom. The minimum absolute atomic E-state index is 0.0483. The molecule has 0 aliphatic carbocycles. The van der Waals surface area contributed by atoms with E-state index in [2.05, 4.69) is 30.7 Å². The van der Waals surface area contributed by atoms with Gasteiger partial charge in [0.15, 0.2) is 5.82 Å². The van der Waals surface area contributed by atoms with E-state index in [1.807, 2.05) is 6.07 Å². The summed E-state index contributed by atoms with van der Waals surface area (Å²) in [6, 6.07) is 2.09. The summed E-state index contributed by atoms with van der Waals surface area (Å²) in [6.45, 7) is 6.28. The number of methoxy groups -OCH3 is 1. The molecule has 17 heavy (non-hydrogen) atoms. The first-order valence-electron chi connectivity index (χ1n) is 6.18. The van der Waals surface area contributed by atoms with Gasteiger partial charge in [0.1, 0.15) is 6.10 Å².